The minimum Gasteiger partial charge on any atom is -0.348 e. The monoisotopic (exact) mass is 265 g/mol. The molecule has 1 N–H and O–H groups in total. The Morgan fingerprint density at radius 2 is 1.63 bits per heavy atom. The van der Waals surface area contributed by atoms with Gasteiger partial charge >= 0.3 is 0 Å². The molecule has 0 unspecified atom stereocenters. The second-order valence-corrected chi connectivity index (χ2v) is 3.89. The fourth-order valence-corrected chi connectivity index (χ4v) is 1.57. The maximum Gasteiger partial charge on any atom is 0.254 e. The maximum atomic E-state index is 13.4. The van der Waals surface area contributed by atoms with Crippen molar-refractivity contribution >= 4 is 5.91 Å². The first-order valence-corrected chi connectivity index (χ1v) is 5.55. The zero-order valence-corrected chi connectivity index (χ0v) is 9.79. The summed E-state index contributed by atoms with van der Waals surface area (Å²) in [7, 11) is 0. The number of carbonyl (C=O) groups is 1. The first-order chi connectivity index (χ1) is 9.09. The highest BCUT2D eigenvalue weighted by Crippen LogP contribution is 2.15. The molecule has 0 heterocycles. The Kier molecular flexibility index (Phi) is 3.85. The Hall–Kier alpha value is -2.30. The van der Waals surface area contributed by atoms with Gasteiger partial charge in [0.1, 0.15) is 0 Å². The van der Waals surface area contributed by atoms with Gasteiger partial charge in [-0.05, 0) is 17.7 Å². The lowest BCUT2D eigenvalue weighted by atomic mass is 10.1. The van der Waals surface area contributed by atoms with Crippen LogP contribution in [-0.4, -0.2) is 5.91 Å². The standard InChI is InChI=1S/C14H10F3NO/c15-11-7-6-10(12(16)13(11)17)14(19)18-8-9-4-2-1-3-5-9/h1-7H,8H2,(H,18,19). The third-order valence-electron chi connectivity index (χ3n) is 2.58. The van der Waals surface area contributed by atoms with Crippen LogP contribution >= 0.6 is 0 Å². The first kappa shape index (κ1) is 13.1. The van der Waals surface area contributed by atoms with Crippen molar-refractivity contribution in [2.45, 2.75) is 6.54 Å². The van der Waals surface area contributed by atoms with Gasteiger partial charge in [-0.3, -0.25) is 4.79 Å². The molecule has 0 saturated heterocycles. The highest BCUT2D eigenvalue weighted by Gasteiger charge is 2.18. The molecule has 98 valence electrons. The van der Waals surface area contributed by atoms with Crippen LogP contribution in [-0.2, 0) is 6.54 Å². The summed E-state index contributed by atoms with van der Waals surface area (Å²) in [6.45, 7) is 0.179. The van der Waals surface area contributed by atoms with E-state index in [1.807, 2.05) is 6.07 Å². The molecule has 0 aromatic heterocycles. The average Bonchev–Trinajstić information content (AvgIpc) is 2.43. The van der Waals surface area contributed by atoms with Crippen LogP contribution in [0.3, 0.4) is 0 Å². The summed E-state index contributed by atoms with van der Waals surface area (Å²) in [6, 6.07) is 10.6. The van der Waals surface area contributed by atoms with E-state index in [0.717, 1.165) is 17.7 Å². The van der Waals surface area contributed by atoms with E-state index in [1.165, 1.54) is 0 Å². The third-order valence-corrected chi connectivity index (χ3v) is 2.58. The van der Waals surface area contributed by atoms with Crippen LogP contribution < -0.4 is 5.32 Å². The molecule has 0 radical (unpaired) electrons. The average molecular weight is 265 g/mol. The van der Waals surface area contributed by atoms with Crippen molar-refractivity contribution in [3.05, 3.63) is 71.0 Å². The Bertz CT molecular complexity index is 599. The summed E-state index contributed by atoms with van der Waals surface area (Å²) in [5.41, 5.74) is 0.300. The number of benzene rings is 2. The topological polar surface area (TPSA) is 29.1 Å². The van der Waals surface area contributed by atoms with Gasteiger partial charge in [0.25, 0.3) is 5.91 Å². The van der Waals surface area contributed by atoms with Crippen molar-refractivity contribution in [2.24, 2.45) is 0 Å². The van der Waals surface area contributed by atoms with E-state index in [1.54, 1.807) is 24.3 Å². The summed E-state index contributed by atoms with van der Waals surface area (Å²) in [5.74, 6) is -5.24. The molecule has 2 aromatic rings. The molecule has 0 aliphatic carbocycles. The number of amides is 1. The molecule has 19 heavy (non-hydrogen) atoms. The quantitative estimate of drug-likeness (QED) is 0.849. The summed E-state index contributed by atoms with van der Waals surface area (Å²) in [4.78, 5) is 11.7. The van der Waals surface area contributed by atoms with Crippen LogP contribution in [0.5, 0.6) is 0 Å². The highest BCUT2D eigenvalue weighted by molar-refractivity contribution is 5.94. The molecule has 0 aliphatic rings. The largest absolute Gasteiger partial charge is 0.348 e. The van der Waals surface area contributed by atoms with Gasteiger partial charge in [0.05, 0.1) is 5.56 Å². The smallest absolute Gasteiger partial charge is 0.254 e. The van der Waals surface area contributed by atoms with Gasteiger partial charge in [-0.25, -0.2) is 13.2 Å². The number of rotatable bonds is 3. The molecule has 0 bridgehead atoms. The Labute approximate surface area is 107 Å². The van der Waals surface area contributed by atoms with E-state index in [2.05, 4.69) is 5.32 Å². The lowest BCUT2D eigenvalue weighted by Gasteiger charge is -2.07. The minimum atomic E-state index is -1.65. The summed E-state index contributed by atoms with van der Waals surface area (Å²) in [6.07, 6.45) is 0. The van der Waals surface area contributed by atoms with E-state index < -0.39 is 28.9 Å². The Morgan fingerprint density at radius 1 is 0.947 bits per heavy atom. The van der Waals surface area contributed by atoms with E-state index in [-0.39, 0.29) is 6.54 Å². The molecular formula is C14H10F3NO. The number of nitrogens with one attached hydrogen (secondary N) is 1. The molecule has 0 spiro atoms. The van der Waals surface area contributed by atoms with E-state index >= 15 is 0 Å². The second-order valence-electron chi connectivity index (χ2n) is 3.89. The predicted octanol–water partition coefficient (Wildman–Crippen LogP) is 3.03. The number of hydrogen-bond donors (Lipinski definition) is 1. The molecule has 2 aromatic carbocycles. The zero-order valence-electron chi connectivity index (χ0n) is 9.79. The molecule has 1 amide bonds. The van der Waals surface area contributed by atoms with Crippen LogP contribution in [0, 0.1) is 17.5 Å². The van der Waals surface area contributed by atoms with E-state index in [4.69, 9.17) is 0 Å². The van der Waals surface area contributed by atoms with Gasteiger partial charge < -0.3 is 5.32 Å². The Morgan fingerprint density at radius 3 is 2.32 bits per heavy atom. The lowest BCUT2D eigenvalue weighted by molar-refractivity contribution is 0.0945. The number of carbonyl (C=O) groups excluding carboxylic acids is 1. The van der Waals surface area contributed by atoms with Gasteiger partial charge in [0, 0.05) is 6.54 Å². The summed E-state index contributed by atoms with van der Waals surface area (Å²) < 4.78 is 39.1. The minimum absolute atomic E-state index is 0.179. The second kappa shape index (κ2) is 5.56. The van der Waals surface area contributed by atoms with Crippen molar-refractivity contribution in [2.75, 3.05) is 0 Å². The third kappa shape index (κ3) is 2.93. The molecule has 0 fully saturated rings. The summed E-state index contributed by atoms with van der Waals surface area (Å²) >= 11 is 0. The van der Waals surface area contributed by atoms with Gasteiger partial charge in [-0.15, -0.1) is 0 Å². The Balaban J connectivity index is 2.11. The molecule has 0 atom stereocenters. The SMILES string of the molecule is O=C(NCc1ccccc1)c1ccc(F)c(F)c1F. The number of halogens is 3. The fourth-order valence-electron chi connectivity index (χ4n) is 1.57. The van der Waals surface area contributed by atoms with Crippen molar-refractivity contribution in [1.82, 2.24) is 5.32 Å². The van der Waals surface area contributed by atoms with Crippen molar-refractivity contribution in [1.29, 1.82) is 0 Å². The molecule has 5 heteroatoms. The number of hydrogen-bond acceptors (Lipinski definition) is 1. The van der Waals surface area contributed by atoms with Gasteiger partial charge in [0.15, 0.2) is 17.5 Å². The molecule has 0 saturated carbocycles. The molecule has 2 nitrogen and oxygen atoms in total. The van der Waals surface area contributed by atoms with Crippen molar-refractivity contribution < 1.29 is 18.0 Å². The van der Waals surface area contributed by atoms with Crippen LogP contribution in [0.4, 0.5) is 13.2 Å². The van der Waals surface area contributed by atoms with Crippen LogP contribution in [0.1, 0.15) is 15.9 Å². The van der Waals surface area contributed by atoms with Crippen LogP contribution in [0.15, 0.2) is 42.5 Å². The fraction of sp³-hybridized carbons (Fsp3) is 0.0714. The van der Waals surface area contributed by atoms with Gasteiger partial charge in [-0.2, -0.15) is 0 Å². The first-order valence-electron chi connectivity index (χ1n) is 5.55. The zero-order chi connectivity index (χ0) is 13.8. The van der Waals surface area contributed by atoms with Crippen molar-refractivity contribution in [3.63, 3.8) is 0 Å². The normalized spacial score (nSPS) is 10.3. The molecular weight excluding hydrogens is 255 g/mol. The van der Waals surface area contributed by atoms with Crippen molar-refractivity contribution in [3.8, 4) is 0 Å². The summed E-state index contributed by atoms with van der Waals surface area (Å²) in [5, 5.41) is 2.43. The van der Waals surface area contributed by atoms with E-state index in [9.17, 15) is 18.0 Å². The van der Waals surface area contributed by atoms with Crippen LogP contribution in [0.25, 0.3) is 0 Å². The lowest BCUT2D eigenvalue weighted by Crippen LogP contribution is -2.24. The van der Waals surface area contributed by atoms with Crippen LogP contribution in [0.2, 0.25) is 0 Å². The van der Waals surface area contributed by atoms with Gasteiger partial charge in [0.2, 0.25) is 0 Å². The molecule has 2 rings (SSSR count). The maximum absolute atomic E-state index is 13.4. The molecule has 0 aliphatic heterocycles. The van der Waals surface area contributed by atoms with E-state index in [0.29, 0.717) is 0 Å². The van der Waals surface area contributed by atoms with Gasteiger partial charge in [-0.1, -0.05) is 30.3 Å². The highest BCUT2D eigenvalue weighted by atomic mass is 19.2. The predicted molar refractivity (Wildman–Crippen MR) is 63.9 cm³/mol.